The molecule has 0 aliphatic rings. The van der Waals surface area contributed by atoms with Gasteiger partial charge >= 0.3 is 5.97 Å². The lowest BCUT2D eigenvalue weighted by atomic mass is 9.84. The first-order valence-electron chi connectivity index (χ1n) is 10.6. The van der Waals surface area contributed by atoms with Crippen LogP contribution in [0.3, 0.4) is 0 Å². The van der Waals surface area contributed by atoms with Crippen LogP contribution in [-0.2, 0) is 10.2 Å². The van der Waals surface area contributed by atoms with E-state index in [0.29, 0.717) is 17.9 Å². The Hall–Kier alpha value is -1.69. The molecule has 0 spiro atoms. The van der Waals surface area contributed by atoms with Crippen molar-refractivity contribution < 1.29 is 19.4 Å². The number of phenolic OH excluding ortho intramolecular Hbond substituents is 1. The van der Waals surface area contributed by atoms with Crippen LogP contribution in [0.1, 0.15) is 95.0 Å². The second-order valence-electron chi connectivity index (χ2n) is 8.37. The molecule has 0 saturated heterocycles. The van der Waals surface area contributed by atoms with Crippen molar-refractivity contribution in [2.45, 2.75) is 84.5 Å². The summed E-state index contributed by atoms with van der Waals surface area (Å²) in [5, 5.41) is 13.2. The van der Waals surface area contributed by atoms with Gasteiger partial charge in [0.15, 0.2) is 5.75 Å². The van der Waals surface area contributed by atoms with Crippen molar-refractivity contribution in [2.24, 2.45) is 0 Å². The maximum absolute atomic E-state index is 12.6. The number of carbonyl (C=O) groups is 2. The van der Waals surface area contributed by atoms with Crippen molar-refractivity contribution >= 4 is 23.6 Å². The Kier molecular flexibility index (Phi) is 11.2. The molecule has 0 aromatic heterocycles. The quantitative estimate of drug-likeness (QED) is 0.193. The number of hydrogen-bond donors (Lipinski definition) is 2. The third-order valence-corrected chi connectivity index (χ3v) is 5.14. The molecule has 0 fully saturated rings. The first-order chi connectivity index (χ1) is 13.7. The van der Waals surface area contributed by atoms with Gasteiger partial charge in [-0.15, -0.1) is 11.8 Å². The normalized spacial score (nSPS) is 11.3. The fraction of sp³-hybridized carbons (Fsp3) is 0.652. The molecular formula is C23H37NO4S. The van der Waals surface area contributed by atoms with E-state index in [1.807, 2.05) is 27.0 Å². The van der Waals surface area contributed by atoms with Crippen molar-refractivity contribution in [2.75, 3.05) is 12.1 Å². The van der Waals surface area contributed by atoms with Crippen molar-refractivity contribution in [3.8, 4) is 11.5 Å². The molecule has 0 heterocycles. The van der Waals surface area contributed by atoms with Gasteiger partial charge in [-0.2, -0.15) is 0 Å². The maximum atomic E-state index is 12.6. The number of esters is 1. The van der Waals surface area contributed by atoms with Gasteiger partial charge in [0, 0.05) is 12.0 Å². The van der Waals surface area contributed by atoms with Crippen LogP contribution in [0.15, 0.2) is 12.1 Å². The number of unbranched alkanes of at least 4 members (excludes halogenated alkanes) is 6. The lowest BCUT2D eigenvalue weighted by molar-refractivity contribution is -0.134. The first kappa shape index (κ1) is 25.3. The minimum Gasteiger partial charge on any atom is -0.508 e. The van der Waals surface area contributed by atoms with Gasteiger partial charge in [-0.05, 0) is 30.2 Å². The van der Waals surface area contributed by atoms with Gasteiger partial charge < -0.3 is 15.2 Å². The third-order valence-electron chi connectivity index (χ3n) is 4.71. The molecule has 0 bridgehead atoms. The fourth-order valence-electron chi connectivity index (χ4n) is 3.21. The van der Waals surface area contributed by atoms with E-state index in [4.69, 9.17) is 4.74 Å². The van der Waals surface area contributed by atoms with Gasteiger partial charge in [0.25, 0.3) is 5.91 Å². The number of nitrogens with one attached hydrogen (secondary N) is 1. The van der Waals surface area contributed by atoms with Gasteiger partial charge in [-0.1, -0.05) is 66.2 Å². The van der Waals surface area contributed by atoms with E-state index in [0.717, 1.165) is 19.3 Å². The van der Waals surface area contributed by atoms with Gasteiger partial charge in [0.2, 0.25) is 0 Å². The summed E-state index contributed by atoms with van der Waals surface area (Å²) in [6.07, 6.45) is 10.00. The molecule has 0 atom stereocenters. The minimum absolute atomic E-state index is 0.0256. The second-order valence-corrected chi connectivity index (χ2v) is 9.24. The molecule has 2 N–H and O–H groups in total. The molecule has 0 unspecified atom stereocenters. The Morgan fingerprint density at radius 1 is 1.07 bits per heavy atom. The summed E-state index contributed by atoms with van der Waals surface area (Å²) in [5.41, 5.74) is 0.256. The van der Waals surface area contributed by atoms with E-state index in [9.17, 15) is 14.7 Å². The van der Waals surface area contributed by atoms with Gasteiger partial charge in [0.1, 0.15) is 5.75 Å². The van der Waals surface area contributed by atoms with Gasteiger partial charge in [-0.25, -0.2) is 0 Å². The molecule has 1 rings (SSSR count). The average molecular weight is 424 g/mol. The SMILES string of the molecule is CCCCCCCCCC(=O)Oc1c(C(=O)NCSC)ccc(O)c1C(C)(C)C. The van der Waals surface area contributed by atoms with Crippen LogP contribution in [-0.4, -0.2) is 29.1 Å². The predicted octanol–water partition coefficient (Wildman–Crippen LogP) is 5.79. The third kappa shape index (κ3) is 8.69. The van der Waals surface area contributed by atoms with E-state index in [2.05, 4.69) is 12.2 Å². The summed E-state index contributed by atoms with van der Waals surface area (Å²) in [4.78, 5) is 25.1. The highest BCUT2D eigenvalue weighted by atomic mass is 32.2. The van der Waals surface area contributed by atoms with Crippen LogP contribution in [0.2, 0.25) is 0 Å². The van der Waals surface area contributed by atoms with E-state index in [1.54, 1.807) is 0 Å². The lowest BCUT2D eigenvalue weighted by Crippen LogP contribution is -2.26. The highest BCUT2D eigenvalue weighted by Crippen LogP contribution is 2.41. The zero-order valence-corrected chi connectivity index (χ0v) is 19.4. The highest BCUT2D eigenvalue weighted by molar-refractivity contribution is 7.98. The number of phenols is 1. The van der Waals surface area contributed by atoms with Gasteiger partial charge in [-0.3, -0.25) is 9.59 Å². The summed E-state index contributed by atoms with van der Waals surface area (Å²) in [5.74, 6) is -0.0328. The van der Waals surface area contributed by atoms with Crippen LogP contribution in [0, 0.1) is 0 Å². The molecule has 0 saturated carbocycles. The Bertz CT molecular complexity index is 668. The zero-order chi connectivity index (χ0) is 21.9. The minimum atomic E-state index is -0.491. The van der Waals surface area contributed by atoms with E-state index < -0.39 is 5.41 Å². The van der Waals surface area contributed by atoms with Gasteiger partial charge in [0.05, 0.1) is 11.4 Å². The Labute approximate surface area is 180 Å². The van der Waals surface area contributed by atoms with Crippen molar-refractivity contribution in [3.63, 3.8) is 0 Å². The number of benzene rings is 1. The molecule has 6 heteroatoms. The Morgan fingerprint density at radius 3 is 2.28 bits per heavy atom. The molecule has 0 aliphatic carbocycles. The number of aromatic hydroxyl groups is 1. The Balaban J connectivity index is 2.89. The van der Waals surface area contributed by atoms with Crippen molar-refractivity contribution in [3.05, 3.63) is 23.3 Å². The van der Waals surface area contributed by atoms with E-state index in [-0.39, 0.29) is 28.9 Å². The summed E-state index contributed by atoms with van der Waals surface area (Å²) >= 11 is 1.49. The van der Waals surface area contributed by atoms with Crippen LogP contribution in [0.5, 0.6) is 11.5 Å². The summed E-state index contributed by atoms with van der Waals surface area (Å²) in [7, 11) is 0. The van der Waals surface area contributed by atoms with Crippen LogP contribution in [0.4, 0.5) is 0 Å². The van der Waals surface area contributed by atoms with E-state index >= 15 is 0 Å². The predicted molar refractivity (Wildman–Crippen MR) is 121 cm³/mol. The van der Waals surface area contributed by atoms with Crippen LogP contribution < -0.4 is 10.1 Å². The monoisotopic (exact) mass is 423 g/mol. The number of amides is 1. The molecule has 1 aromatic rings. The Morgan fingerprint density at radius 2 is 1.69 bits per heavy atom. The average Bonchev–Trinajstić information content (AvgIpc) is 2.64. The van der Waals surface area contributed by atoms with Crippen LogP contribution in [0.25, 0.3) is 0 Å². The maximum Gasteiger partial charge on any atom is 0.311 e. The van der Waals surface area contributed by atoms with Crippen LogP contribution >= 0.6 is 11.8 Å². The number of ether oxygens (including phenoxy) is 1. The molecule has 0 aliphatic heterocycles. The molecule has 0 radical (unpaired) electrons. The molecule has 29 heavy (non-hydrogen) atoms. The molecule has 164 valence electrons. The molecule has 1 aromatic carbocycles. The smallest absolute Gasteiger partial charge is 0.311 e. The standard InChI is InChI=1S/C23H37NO4S/c1-6-7-8-9-10-11-12-13-19(26)28-21-17(22(27)24-16-29-5)14-15-18(25)20(21)23(2,3)4/h14-15,25H,6-13,16H2,1-5H3,(H,24,27). The number of carbonyl (C=O) groups excluding carboxylic acids is 2. The zero-order valence-electron chi connectivity index (χ0n) is 18.6. The second kappa shape index (κ2) is 12.8. The molecule has 1 amide bonds. The largest absolute Gasteiger partial charge is 0.508 e. The highest BCUT2D eigenvalue weighted by Gasteiger charge is 2.29. The topological polar surface area (TPSA) is 75.6 Å². The first-order valence-corrected chi connectivity index (χ1v) is 12.0. The lowest BCUT2D eigenvalue weighted by Gasteiger charge is -2.25. The van der Waals surface area contributed by atoms with E-state index in [1.165, 1.54) is 49.6 Å². The summed E-state index contributed by atoms with van der Waals surface area (Å²) in [6.45, 7) is 7.94. The number of hydrogen-bond acceptors (Lipinski definition) is 5. The van der Waals surface area contributed by atoms with Crippen molar-refractivity contribution in [1.29, 1.82) is 0 Å². The number of thioether (sulfide) groups is 1. The molecule has 5 nitrogen and oxygen atoms in total. The summed E-state index contributed by atoms with van der Waals surface area (Å²) in [6, 6.07) is 3.00. The molecular weight excluding hydrogens is 386 g/mol. The fourth-order valence-corrected chi connectivity index (χ4v) is 3.48. The number of rotatable bonds is 12. The summed E-state index contributed by atoms with van der Waals surface area (Å²) < 4.78 is 5.66. The van der Waals surface area contributed by atoms with Crippen molar-refractivity contribution in [1.82, 2.24) is 5.32 Å².